The van der Waals surface area contributed by atoms with Gasteiger partial charge >= 0.3 is 0 Å². The number of halogens is 1. The lowest BCUT2D eigenvalue weighted by molar-refractivity contribution is -0.130. The molecule has 0 aliphatic carbocycles. The predicted molar refractivity (Wildman–Crippen MR) is 94.8 cm³/mol. The summed E-state index contributed by atoms with van der Waals surface area (Å²) in [6.45, 7) is 1.90. The Morgan fingerprint density at radius 2 is 1.96 bits per heavy atom. The Balaban J connectivity index is 1.63. The van der Waals surface area contributed by atoms with Gasteiger partial charge in [-0.3, -0.25) is 9.59 Å². The van der Waals surface area contributed by atoms with E-state index in [4.69, 9.17) is 4.74 Å². The Kier molecular flexibility index (Phi) is 4.85. The Labute approximate surface area is 148 Å². The van der Waals surface area contributed by atoms with Gasteiger partial charge in [0.25, 0.3) is 5.91 Å². The van der Waals surface area contributed by atoms with Gasteiger partial charge < -0.3 is 15.4 Å². The van der Waals surface area contributed by atoms with Crippen LogP contribution in [-0.4, -0.2) is 17.9 Å². The fourth-order valence-electron chi connectivity index (χ4n) is 2.60. The molecule has 0 bridgehead atoms. The van der Waals surface area contributed by atoms with Crippen molar-refractivity contribution < 1.29 is 14.3 Å². The maximum absolute atomic E-state index is 12.3. The van der Waals surface area contributed by atoms with E-state index >= 15 is 0 Å². The lowest BCUT2D eigenvalue weighted by Gasteiger charge is -2.26. The molecule has 2 aromatic carbocycles. The molecule has 5 nitrogen and oxygen atoms in total. The molecule has 0 saturated heterocycles. The minimum atomic E-state index is -0.827. The van der Waals surface area contributed by atoms with Crippen LogP contribution in [0.25, 0.3) is 0 Å². The van der Waals surface area contributed by atoms with Gasteiger partial charge in [-0.2, -0.15) is 0 Å². The van der Waals surface area contributed by atoms with Crippen LogP contribution in [0.1, 0.15) is 24.9 Å². The second-order valence-electron chi connectivity index (χ2n) is 5.61. The van der Waals surface area contributed by atoms with Gasteiger partial charge in [0.15, 0.2) is 6.10 Å². The van der Waals surface area contributed by atoms with Crippen LogP contribution < -0.4 is 15.4 Å². The van der Waals surface area contributed by atoms with Crippen molar-refractivity contribution in [2.45, 2.75) is 25.5 Å². The lowest BCUT2D eigenvalue weighted by atomic mass is 10.1. The summed E-state index contributed by atoms with van der Waals surface area (Å²) in [6.07, 6.45) is -0.860. The normalized spacial score (nSPS) is 17.2. The van der Waals surface area contributed by atoms with Crippen LogP contribution >= 0.6 is 15.9 Å². The van der Waals surface area contributed by atoms with Crippen molar-refractivity contribution in [3.8, 4) is 5.75 Å². The van der Waals surface area contributed by atoms with E-state index in [-0.39, 0.29) is 24.3 Å². The first-order chi connectivity index (χ1) is 11.5. The molecule has 0 spiro atoms. The van der Waals surface area contributed by atoms with Crippen molar-refractivity contribution in [1.29, 1.82) is 0 Å². The van der Waals surface area contributed by atoms with Gasteiger partial charge in [-0.05, 0) is 30.7 Å². The molecule has 0 fully saturated rings. The zero-order chi connectivity index (χ0) is 17.1. The quantitative estimate of drug-likeness (QED) is 0.842. The minimum absolute atomic E-state index is 0.0328. The summed E-state index contributed by atoms with van der Waals surface area (Å²) < 4.78 is 6.57. The van der Waals surface area contributed by atoms with Crippen LogP contribution in [0.4, 0.5) is 5.69 Å². The molecule has 124 valence electrons. The zero-order valence-electron chi connectivity index (χ0n) is 13.1. The maximum Gasteiger partial charge on any atom is 0.266 e. The van der Waals surface area contributed by atoms with Crippen molar-refractivity contribution in [3.63, 3.8) is 0 Å². The van der Waals surface area contributed by atoms with E-state index in [1.807, 2.05) is 43.3 Å². The molecule has 2 aromatic rings. The predicted octanol–water partition coefficient (Wildman–Crippen LogP) is 3.42. The number of nitrogens with one attached hydrogen (secondary N) is 2. The molecule has 6 heteroatoms. The number of anilines is 1. The first-order valence-corrected chi connectivity index (χ1v) is 8.44. The highest BCUT2D eigenvalue weighted by Crippen LogP contribution is 2.29. The Bertz CT molecular complexity index is 778. The number of amides is 2. The third-order valence-electron chi connectivity index (χ3n) is 3.83. The third-order valence-corrected chi connectivity index (χ3v) is 4.55. The van der Waals surface area contributed by atoms with E-state index in [2.05, 4.69) is 26.6 Å². The third kappa shape index (κ3) is 3.59. The van der Waals surface area contributed by atoms with E-state index in [9.17, 15) is 9.59 Å². The molecule has 0 saturated carbocycles. The summed E-state index contributed by atoms with van der Waals surface area (Å²) in [5, 5.41) is 5.66. The summed E-state index contributed by atoms with van der Waals surface area (Å²) >= 11 is 3.47. The first kappa shape index (κ1) is 16.5. The van der Waals surface area contributed by atoms with E-state index in [0.29, 0.717) is 11.4 Å². The fraction of sp³-hybridized carbons (Fsp3) is 0.222. The van der Waals surface area contributed by atoms with Crippen molar-refractivity contribution in [2.24, 2.45) is 0 Å². The molecule has 2 amide bonds. The number of ether oxygens (including phenoxy) is 1. The van der Waals surface area contributed by atoms with Crippen LogP contribution in [0.5, 0.6) is 5.75 Å². The van der Waals surface area contributed by atoms with E-state index in [1.54, 1.807) is 12.1 Å². The number of para-hydroxylation sites is 2. The standard InChI is InChI=1S/C18H17BrN2O3/c1-11(12-6-2-3-7-13(12)19)20-17(22)10-16-18(23)21-14-8-4-5-9-15(14)24-16/h2-9,11,16H,10H2,1H3,(H,20,22)(H,21,23). The van der Waals surface area contributed by atoms with Gasteiger partial charge in [0.2, 0.25) is 5.91 Å². The number of benzene rings is 2. The summed E-state index contributed by atoms with van der Waals surface area (Å²) in [7, 11) is 0. The van der Waals surface area contributed by atoms with Crippen molar-refractivity contribution in [2.75, 3.05) is 5.32 Å². The number of hydrogen-bond acceptors (Lipinski definition) is 3. The van der Waals surface area contributed by atoms with Gasteiger partial charge in [-0.25, -0.2) is 0 Å². The van der Waals surface area contributed by atoms with Crippen LogP contribution in [-0.2, 0) is 9.59 Å². The number of hydrogen-bond donors (Lipinski definition) is 2. The topological polar surface area (TPSA) is 67.4 Å². The Morgan fingerprint density at radius 1 is 1.25 bits per heavy atom. The molecule has 0 radical (unpaired) electrons. The molecule has 1 heterocycles. The average Bonchev–Trinajstić information content (AvgIpc) is 2.55. The monoisotopic (exact) mass is 388 g/mol. The number of carbonyl (C=O) groups is 2. The average molecular weight is 389 g/mol. The van der Waals surface area contributed by atoms with Gasteiger partial charge in [0.1, 0.15) is 5.75 Å². The second kappa shape index (κ2) is 7.05. The summed E-state index contributed by atoms with van der Waals surface area (Å²) in [4.78, 5) is 24.4. The molecule has 0 aromatic heterocycles. The number of carbonyl (C=O) groups excluding carboxylic acids is 2. The van der Waals surface area contributed by atoms with Gasteiger partial charge in [-0.1, -0.05) is 46.3 Å². The van der Waals surface area contributed by atoms with Crippen molar-refractivity contribution in [1.82, 2.24) is 5.32 Å². The number of fused-ring (bicyclic) bond motifs is 1. The van der Waals surface area contributed by atoms with Crippen LogP contribution in [0.15, 0.2) is 53.0 Å². The van der Waals surface area contributed by atoms with Crippen molar-refractivity contribution in [3.05, 3.63) is 58.6 Å². The molecular weight excluding hydrogens is 372 g/mol. The molecule has 2 N–H and O–H groups in total. The van der Waals surface area contributed by atoms with Gasteiger partial charge in [-0.15, -0.1) is 0 Å². The summed E-state index contributed by atoms with van der Waals surface area (Å²) in [5.41, 5.74) is 1.60. The fourth-order valence-corrected chi connectivity index (χ4v) is 3.23. The summed E-state index contributed by atoms with van der Waals surface area (Å²) in [5.74, 6) is 0.0314. The molecule has 1 aliphatic heterocycles. The minimum Gasteiger partial charge on any atom is -0.478 e. The Hall–Kier alpha value is -2.34. The zero-order valence-corrected chi connectivity index (χ0v) is 14.7. The van der Waals surface area contributed by atoms with E-state index in [0.717, 1.165) is 10.0 Å². The highest BCUT2D eigenvalue weighted by Gasteiger charge is 2.29. The van der Waals surface area contributed by atoms with Crippen molar-refractivity contribution >= 4 is 33.4 Å². The first-order valence-electron chi connectivity index (χ1n) is 7.65. The molecule has 3 rings (SSSR count). The molecule has 1 aliphatic rings. The largest absolute Gasteiger partial charge is 0.478 e. The van der Waals surface area contributed by atoms with E-state index in [1.165, 1.54) is 0 Å². The highest BCUT2D eigenvalue weighted by atomic mass is 79.9. The lowest BCUT2D eigenvalue weighted by Crippen LogP contribution is -2.41. The number of rotatable bonds is 4. The highest BCUT2D eigenvalue weighted by molar-refractivity contribution is 9.10. The van der Waals surface area contributed by atoms with Gasteiger partial charge in [0.05, 0.1) is 18.2 Å². The second-order valence-corrected chi connectivity index (χ2v) is 6.46. The Morgan fingerprint density at radius 3 is 2.75 bits per heavy atom. The molecule has 24 heavy (non-hydrogen) atoms. The molecular formula is C18H17BrN2O3. The SMILES string of the molecule is CC(NC(=O)CC1Oc2ccccc2NC1=O)c1ccccc1Br. The van der Waals surface area contributed by atoms with Crippen LogP contribution in [0.2, 0.25) is 0 Å². The van der Waals surface area contributed by atoms with Gasteiger partial charge in [0, 0.05) is 4.47 Å². The molecule has 2 unspecified atom stereocenters. The molecule has 2 atom stereocenters. The van der Waals surface area contributed by atoms with Crippen LogP contribution in [0, 0.1) is 0 Å². The van der Waals surface area contributed by atoms with E-state index < -0.39 is 6.10 Å². The smallest absolute Gasteiger partial charge is 0.266 e. The summed E-state index contributed by atoms with van der Waals surface area (Å²) in [6, 6.07) is 14.7. The van der Waals surface area contributed by atoms with Crippen LogP contribution in [0.3, 0.4) is 0 Å². The maximum atomic E-state index is 12.3.